The molecule has 0 amide bonds. The highest BCUT2D eigenvalue weighted by Gasteiger charge is 2.29. The molecule has 0 spiro atoms. The van der Waals surface area contributed by atoms with Gasteiger partial charge in [0.25, 0.3) is 0 Å². The van der Waals surface area contributed by atoms with Crippen molar-refractivity contribution in [2.45, 2.75) is 6.42 Å². The molecule has 1 fully saturated rings. The molecule has 0 aromatic carbocycles. The van der Waals surface area contributed by atoms with Crippen molar-refractivity contribution in [1.82, 2.24) is 9.97 Å². The molecule has 3 heterocycles. The molecule has 6 nitrogen and oxygen atoms in total. The van der Waals surface area contributed by atoms with Gasteiger partial charge in [-0.25, -0.2) is 4.98 Å². The molecule has 1 aliphatic heterocycles. The third kappa shape index (κ3) is 2.13. The molecule has 1 saturated heterocycles. The molecule has 0 unspecified atom stereocenters. The van der Waals surface area contributed by atoms with Gasteiger partial charge in [-0.2, -0.15) is 0 Å². The van der Waals surface area contributed by atoms with E-state index in [1.807, 2.05) is 12.1 Å². The smallest absolute Gasteiger partial charge is 0.308 e. The topological polar surface area (TPSA) is 75.5 Å². The molecule has 0 bridgehead atoms. The average molecular weight is 273 g/mol. The fourth-order valence-electron chi connectivity index (χ4n) is 2.54. The van der Waals surface area contributed by atoms with E-state index in [2.05, 4.69) is 14.9 Å². The van der Waals surface area contributed by atoms with Crippen molar-refractivity contribution in [3.63, 3.8) is 0 Å². The van der Waals surface area contributed by atoms with Gasteiger partial charge in [0, 0.05) is 25.4 Å². The van der Waals surface area contributed by atoms with Crippen LogP contribution in [0.3, 0.4) is 0 Å². The van der Waals surface area contributed by atoms with Crippen LogP contribution >= 0.6 is 0 Å². The van der Waals surface area contributed by atoms with Crippen LogP contribution in [-0.4, -0.2) is 41.2 Å². The Morgan fingerprint density at radius 2 is 2.30 bits per heavy atom. The summed E-state index contributed by atoms with van der Waals surface area (Å²) in [5.41, 5.74) is 2.44. The van der Waals surface area contributed by atoms with Crippen LogP contribution < -0.4 is 9.64 Å². The minimum absolute atomic E-state index is 0.316. The van der Waals surface area contributed by atoms with Crippen molar-refractivity contribution in [3.05, 3.63) is 24.4 Å². The normalized spacial score (nSPS) is 18.4. The molecule has 0 radical (unpaired) electrons. The molecular formula is C14H15N3O3. The third-order valence-electron chi connectivity index (χ3n) is 3.62. The Bertz CT molecular complexity index is 659. The van der Waals surface area contributed by atoms with Crippen LogP contribution in [0, 0.1) is 5.92 Å². The number of aliphatic carboxylic acids is 1. The van der Waals surface area contributed by atoms with Gasteiger partial charge in [0.2, 0.25) is 5.88 Å². The number of ether oxygens (including phenoxy) is 1. The van der Waals surface area contributed by atoms with Crippen LogP contribution in [-0.2, 0) is 4.79 Å². The highest BCUT2D eigenvalue weighted by atomic mass is 16.5. The Kier molecular flexibility index (Phi) is 3.14. The molecule has 1 atom stereocenters. The lowest BCUT2D eigenvalue weighted by Gasteiger charge is -2.19. The molecule has 2 aromatic rings. The molecule has 1 N–H and O–H groups in total. The summed E-state index contributed by atoms with van der Waals surface area (Å²) in [7, 11) is 1.57. The SMILES string of the molecule is COc1ccc2nccc(N3CC[C@@H](C(=O)O)C3)c2n1. The van der Waals surface area contributed by atoms with Gasteiger partial charge in [-0.05, 0) is 18.6 Å². The number of fused-ring (bicyclic) bond motifs is 1. The second kappa shape index (κ2) is 4.96. The van der Waals surface area contributed by atoms with Crippen LogP contribution in [0.2, 0.25) is 0 Å². The summed E-state index contributed by atoms with van der Waals surface area (Å²) in [6, 6.07) is 5.50. The number of carbonyl (C=O) groups is 1. The van der Waals surface area contributed by atoms with Gasteiger partial charge in [0.15, 0.2) is 0 Å². The van der Waals surface area contributed by atoms with E-state index in [-0.39, 0.29) is 5.92 Å². The lowest BCUT2D eigenvalue weighted by Crippen LogP contribution is -2.23. The Labute approximate surface area is 116 Å². The van der Waals surface area contributed by atoms with Gasteiger partial charge in [0.05, 0.1) is 24.2 Å². The maximum Gasteiger partial charge on any atom is 0.308 e. The lowest BCUT2D eigenvalue weighted by atomic mass is 10.1. The van der Waals surface area contributed by atoms with Crippen molar-refractivity contribution < 1.29 is 14.6 Å². The van der Waals surface area contributed by atoms with Crippen molar-refractivity contribution in [1.29, 1.82) is 0 Å². The summed E-state index contributed by atoms with van der Waals surface area (Å²) in [5, 5.41) is 9.10. The second-order valence-electron chi connectivity index (χ2n) is 4.82. The van der Waals surface area contributed by atoms with E-state index < -0.39 is 5.97 Å². The van der Waals surface area contributed by atoms with Crippen molar-refractivity contribution >= 4 is 22.7 Å². The quantitative estimate of drug-likeness (QED) is 0.914. The zero-order valence-electron chi connectivity index (χ0n) is 11.1. The predicted octanol–water partition coefficient (Wildman–Crippen LogP) is 1.55. The summed E-state index contributed by atoms with van der Waals surface area (Å²) in [6.07, 6.45) is 2.38. The highest BCUT2D eigenvalue weighted by molar-refractivity contribution is 5.88. The number of nitrogens with zero attached hydrogens (tertiary/aromatic N) is 3. The summed E-state index contributed by atoms with van der Waals surface area (Å²) >= 11 is 0. The fourth-order valence-corrected chi connectivity index (χ4v) is 2.54. The first kappa shape index (κ1) is 12.7. The molecule has 1 aliphatic rings. The lowest BCUT2D eigenvalue weighted by molar-refractivity contribution is -0.140. The monoisotopic (exact) mass is 273 g/mol. The zero-order valence-corrected chi connectivity index (χ0v) is 11.1. The molecule has 0 aliphatic carbocycles. The molecule has 20 heavy (non-hydrogen) atoms. The van der Waals surface area contributed by atoms with Gasteiger partial charge < -0.3 is 14.7 Å². The van der Waals surface area contributed by atoms with Crippen LogP contribution in [0.1, 0.15) is 6.42 Å². The van der Waals surface area contributed by atoms with Crippen LogP contribution in [0.5, 0.6) is 5.88 Å². The van der Waals surface area contributed by atoms with E-state index in [0.29, 0.717) is 18.8 Å². The van der Waals surface area contributed by atoms with E-state index in [1.165, 1.54) is 0 Å². The van der Waals surface area contributed by atoms with Gasteiger partial charge in [-0.15, -0.1) is 0 Å². The van der Waals surface area contributed by atoms with Crippen molar-refractivity contribution in [2.75, 3.05) is 25.1 Å². The first-order valence-corrected chi connectivity index (χ1v) is 6.46. The number of aromatic nitrogens is 2. The van der Waals surface area contributed by atoms with Gasteiger partial charge in [0.1, 0.15) is 5.52 Å². The number of hydrogen-bond acceptors (Lipinski definition) is 5. The molecule has 3 rings (SSSR count). The van der Waals surface area contributed by atoms with Gasteiger partial charge in [-0.3, -0.25) is 9.78 Å². The predicted molar refractivity (Wildman–Crippen MR) is 74.0 cm³/mol. The van der Waals surface area contributed by atoms with E-state index in [4.69, 9.17) is 9.84 Å². The highest BCUT2D eigenvalue weighted by Crippen LogP contribution is 2.30. The Morgan fingerprint density at radius 1 is 1.45 bits per heavy atom. The summed E-state index contributed by atoms with van der Waals surface area (Å²) in [4.78, 5) is 21.8. The number of carboxylic acid groups (broad SMARTS) is 1. The number of hydrogen-bond donors (Lipinski definition) is 1. The molecule has 0 saturated carbocycles. The zero-order chi connectivity index (χ0) is 14.1. The fraction of sp³-hybridized carbons (Fsp3) is 0.357. The molecule has 104 valence electrons. The van der Waals surface area contributed by atoms with E-state index in [1.54, 1.807) is 19.4 Å². The minimum atomic E-state index is -0.739. The van der Waals surface area contributed by atoms with Gasteiger partial charge >= 0.3 is 5.97 Å². The number of rotatable bonds is 3. The summed E-state index contributed by atoms with van der Waals surface area (Å²) < 4.78 is 5.15. The number of methoxy groups -OCH3 is 1. The van der Waals surface area contributed by atoms with Crippen molar-refractivity contribution in [2.24, 2.45) is 5.92 Å². The first-order chi connectivity index (χ1) is 9.69. The molecular weight excluding hydrogens is 258 g/mol. The van der Waals surface area contributed by atoms with Crippen LogP contribution in [0.4, 0.5) is 5.69 Å². The number of pyridine rings is 2. The third-order valence-corrected chi connectivity index (χ3v) is 3.62. The van der Waals surface area contributed by atoms with Crippen molar-refractivity contribution in [3.8, 4) is 5.88 Å². The van der Waals surface area contributed by atoms with Gasteiger partial charge in [-0.1, -0.05) is 0 Å². The van der Waals surface area contributed by atoms with Crippen LogP contribution in [0.25, 0.3) is 11.0 Å². The summed E-state index contributed by atoms with van der Waals surface area (Å²) in [6.45, 7) is 1.22. The molecule has 6 heteroatoms. The average Bonchev–Trinajstić information content (AvgIpc) is 2.96. The van der Waals surface area contributed by atoms with E-state index in [9.17, 15) is 4.79 Å². The number of anilines is 1. The Morgan fingerprint density at radius 3 is 3.00 bits per heavy atom. The first-order valence-electron chi connectivity index (χ1n) is 6.46. The maximum absolute atomic E-state index is 11.1. The Balaban J connectivity index is 2.01. The molecule has 2 aromatic heterocycles. The van der Waals surface area contributed by atoms with Crippen LogP contribution in [0.15, 0.2) is 24.4 Å². The second-order valence-corrected chi connectivity index (χ2v) is 4.82. The number of carboxylic acids is 1. The summed E-state index contributed by atoms with van der Waals surface area (Å²) in [5.74, 6) is -0.527. The standard InChI is InChI=1S/C14H15N3O3/c1-20-12-3-2-10-13(16-12)11(4-6-15-10)17-7-5-9(8-17)14(18)19/h2-4,6,9H,5,7-8H2,1H3,(H,18,19)/t9-/m1/s1. The minimum Gasteiger partial charge on any atom is -0.481 e. The van der Waals surface area contributed by atoms with E-state index in [0.717, 1.165) is 23.3 Å². The van der Waals surface area contributed by atoms with E-state index >= 15 is 0 Å². The Hall–Kier alpha value is -2.37. The largest absolute Gasteiger partial charge is 0.481 e. The maximum atomic E-state index is 11.1.